The number of phenols is 1. The number of hydrogen-bond acceptors (Lipinski definition) is 6. The number of hydrazone groups is 1. The van der Waals surface area contributed by atoms with E-state index in [0.717, 1.165) is 28.1 Å². The topological polar surface area (TPSA) is 92.4 Å². The Bertz CT molecular complexity index is 1280. The minimum atomic E-state index is -0.241. The number of amides is 1. The number of rotatable bonds is 8. The summed E-state index contributed by atoms with van der Waals surface area (Å²) < 4.78 is 1.96. The highest BCUT2D eigenvalue weighted by Crippen LogP contribution is 2.28. The highest BCUT2D eigenvalue weighted by molar-refractivity contribution is 7.99. The molecule has 4 rings (SSSR count). The van der Waals surface area contributed by atoms with Crippen LogP contribution in [0.3, 0.4) is 0 Å². The average Bonchev–Trinajstić information content (AvgIpc) is 3.29. The second kappa shape index (κ2) is 10.8. The predicted molar refractivity (Wildman–Crippen MR) is 135 cm³/mol. The van der Waals surface area contributed by atoms with Gasteiger partial charge in [0.15, 0.2) is 11.0 Å². The fourth-order valence-electron chi connectivity index (χ4n) is 3.36. The van der Waals surface area contributed by atoms with Gasteiger partial charge in [-0.1, -0.05) is 66.7 Å². The number of aromatic hydroxyl groups is 1. The molecule has 0 saturated carbocycles. The van der Waals surface area contributed by atoms with Crippen LogP contribution in [0.5, 0.6) is 5.75 Å². The molecule has 0 aliphatic rings. The van der Waals surface area contributed by atoms with Gasteiger partial charge in [-0.05, 0) is 55.3 Å². The van der Waals surface area contributed by atoms with Crippen LogP contribution in [-0.2, 0) is 4.79 Å². The largest absolute Gasteiger partial charge is 0.508 e. The molecule has 172 valence electrons. The molecule has 0 unspecified atom stereocenters. The van der Waals surface area contributed by atoms with Crippen LogP contribution in [0, 0.1) is 6.92 Å². The zero-order chi connectivity index (χ0) is 23.9. The second-order valence-electron chi connectivity index (χ2n) is 7.63. The lowest BCUT2D eigenvalue weighted by molar-refractivity contribution is -0.118. The van der Waals surface area contributed by atoms with Crippen LogP contribution < -0.4 is 5.43 Å². The van der Waals surface area contributed by atoms with E-state index >= 15 is 0 Å². The number of carbonyl (C=O) groups excluding carboxylic acids is 1. The molecular weight excluding hydrogens is 446 g/mol. The first-order chi connectivity index (χ1) is 16.5. The molecule has 34 heavy (non-hydrogen) atoms. The number of carbonyl (C=O) groups is 1. The number of thioether (sulfide) groups is 1. The summed E-state index contributed by atoms with van der Waals surface area (Å²) >= 11 is 1.30. The molecule has 1 aromatic heterocycles. The fourth-order valence-corrected chi connectivity index (χ4v) is 4.10. The number of benzene rings is 3. The normalized spacial score (nSPS) is 11.4. The Labute approximate surface area is 202 Å². The van der Waals surface area contributed by atoms with E-state index in [0.29, 0.717) is 17.4 Å². The number of aryl methyl sites for hydroxylation is 1. The van der Waals surface area contributed by atoms with Gasteiger partial charge in [-0.25, -0.2) is 5.43 Å². The number of nitrogens with one attached hydrogen (secondary N) is 1. The van der Waals surface area contributed by atoms with Gasteiger partial charge in [0.1, 0.15) is 5.75 Å². The van der Waals surface area contributed by atoms with Gasteiger partial charge >= 0.3 is 0 Å². The van der Waals surface area contributed by atoms with Crippen molar-refractivity contribution in [3.05, 3.63) is 90.0 Å². The summed E-state index contributed by atoms with van der Waals surface area (Å²) in [5.41, 5.74) is 7.23. The number of aromatic nitrogens is 3. The van der Waals surface area contributed by atoms with Crippen molar-refractivity contribution < 1.29 is 9.90 Å². The van der Waals surface area contributed by atoms with Gasteiger partial charge in [0.05, 0.1) is 11.5 Å². The molecule has 1 amide bonds. The SMILES string of the molecule is CC/C(=N/NC(=O)CSc1nnc(-c2ccccc2)n1-c1ccc(C)cc1)c1ccc(O)cc1. The Kier molecular flexibility index (Phi) is 7.39. The molecule has 2 N–H and O–H groups in total. The van der Waals surface area contributed by atoms with Crippen molar-refractivity contribution in [3.8, 4) is 22.8 Å². The maximum Gasteiger partial charge on any atom is 0.250 e. The number of hydrogen-bond donors (Lipinski definition) is 2. The summed E-state index contributed by atoms with van der Waals surface area (Å²) in [6.07, 6.45) is 0.639. The maximum absolute atomic E-state index is 12.6. The molecule has 7 nitrogen and oxygen atoms in total. The first-order valence-electron chi connectivity index (χ1n) is 10.9. The van der Waals surface area contributed by atoms with Crippen molar-refractivity contribution in [1.82, 2.24) is 20.2 Å². The lowest BCUT2D eigenvalue weighted by Crippen LogP contribution is -2.22. The third-order valence-corrected chi connectivity index (χ3v) is 6.07. The molecule has 4 aromatic rings. The molecule has 0 aliphatic heterocycles. The quantitative estimate of drug-likeness (QED) is 0.215. The van der Waals surface area contributed by atoms with E-state index in [1.54, 1.807) is 24.3 Å². The van der Waals surface area contributed by atoms with E-state index in [4.69, 9.17) is 0 Å². The summed E-state index contributed by atoms with van der Waals surface area (Å²) in [6.45, 7) is 4.00. The van der Waals surface area contributed by atoms with Crippen LogP contribution in [0.15, 0.2) is 89.1 Å². The Morgan fingerprint density at radius 1 is 1.00 bits per heavy atom. The van der Waals surface area contributed by atoms with E-state index in [9.17, 15) is 9.90 Å². The monoisotopic (exact) mass is 471 g/mol. The van der Waals surface area contributed by atoms with Crippen molar-refractivity contribution in [1.29, 1.82) is 0 Å². The molecule has 0 aliphatic carbocycles. The third kappa shape index (κ3) is 5.52. The molecule has 8 heteroatoms. The van der Waals surface area contributed by atoms with Crippen LogP contribution in [0.1, 0.15) is 24.5 Å². The van der Waals surface area contributed by atoms with Gasteiger partial charge < -0.3 is 5.11 Å². The lowest BCUT2D eigenvalue weighted by Gasteiger charge is -2.11. The molecule has 0 bridgehead atoms. The second-order valence-corrected chi connectivity index (χ2v) is 8.57. The van der Waals surface area contributed by atoms with Crippen molar-refractivity contribution in [3.63, 3.8) is 0 Å². The maximum atomic E-state index is 12.6. The van der Waals surface area contributed by atoms with E-state index < -0.39 is 0 Å². The van der Waals surface area contributed by atoms with Gasteiger partial charge in [0, 0.05) is 11.3 Å². The average molecular weight is 472 g/mol. The van der Waals surface area contributed by atoms with E-state index in [-0.39, 0.29) is 17.4 Å². The Morgan fingerprint density at radius 3 is 2.38 bits per heavy atom. The van der Waals surface area contributed by atoms with Crippen LogP contribution in [0.2, 0.25) is 0 Å². The van der Waals surface area contributed by atoms with Crippen LogP contribution in [-0.4, -0.2) is 37.2 Å². The van der Waals surface area contributed by atoms with Crippen molar-refractivity contribution >= 4 is 23.4 Å². The predicted octanol–water partition coefficient (Wildman–Crippen LogP) is 4.97. The Hall–Kier alpha value is -3.91. The molecule has 0 radical (unpaired) electrons. The first-order valence-corrected chi connectivity index (χ1v) is 11.9. The fraction of sp³-hybridized carbons (Fsp3) is 0.154. The number of nitrogens with zero attached hydrogens (tertiary/aromatic N) is 4. The summed E-state index contributed by atoms with van der Waals surface area (Å²) in [5.74, 6) is 0.794. The molecule has 0 saturated heterocycles. The highest BCUT2D eigenvalue weighted by atomic mass is 32.2. The molecular formula is C26H25N5O2S. The summed E-state index contributed by atoms with van der Waals surface area (Å²) in [6, 6.07) is 24.7. The molecule has 0 atom stereocenters. The molecule has 0 spiro atoms. The van der Waals surface area contributed by atoms with E-state index in [1.807, 2.05) is 73.0 Å². The Balaban J connectivity index is 1.52. The van der Waals surface area contributed by atoms with Gasteiger partial charge in [-0.3, -0.25) is 9.36 Å². The first kappa shape index (κ1) is 23.3. The van der Waals surface area contributed by atoms with Crippen molar-refractivity contribution in [2.45, 2.75) is 25.4 Å². The third-order valence-electron chi connectivity index (χ3n) is 5.14. The van der Waals surface area contributed by atoms with E-state index in [1.165, 1.54) is 11.8 Å². The highest BCUT2D eigenvalue weighted by Gasteiger charge is 2.17. The van der Waals surface area contributed by atoms with Crippen LogP contribution >= 0.6 is 11.8 Å². The molecule has 1 heterocycles. The van der Waals surface area contributed by atoms with Crippen molar-refractivity contribution in [2.75, 3.05) is 5.75 Å². The van der Waals surface area contributed by atoms with Gasteiger partial charge in [-0.15, -0.1) is 10.2 Å². The minimum absolute atomic E-state index is 0.134. The molecule has 3 aromatic carbocycles. The standard InChI is InChI=1S/C26H25N5O2S/c1-3-23(19-11-15-22(32)16-12-19)27-28-24(33)17-34-26-30-29-25(20-7-5-4-6-8-20)31(26)21-13-9-18(2)10-14-21/h4-16,32H,3,17H2,1-2H3,(H,28,33)/b27-23-. The Morgan fingerprint density at radius 2 is 1.71 bits per heavy atom. The van der Waals surface area contributed by atoms with Crippen molar-refractivity contribution in [2.24, 2.45) is 5.10 Å². The van der Waals surface area contributed by atoms with Gasteiger partial charge in [-0.2, -0.15) is 5.10 Å². The summed E-state index contributed by atoms with van der Waals surface area (Å²) in [5, 5.41) is 23.1. The zero-order valence-corrected chi connectivity index (χ0v) is 19.8. The summed E-state index contributed by atoms with van der Waals surface area (Å²) in [7, 11) is 0. The lowest BCUT2D eigenvalue weighted by atomic mass is 10.1. The van der Waals surface area contributed by atoms with Crippen LogP contribution in [0.25, 0.3) is 17.1 Å². The zero-order valence-electron chi connectivity index (χ0n) is 19.0. The smallest absolute Gasteiger partial charge is 0.250 e. The summed E-state index contributed by atoms with van der Waals surface area (Å²) in [4.78, 5) is 12.6. The van der Waals surface area contributed by atoms with Gasteiger partial charge in [0.25, 0.3) is 5.91 Å². The van der Waals surface area contributed by atoms with E-state index in [2.05, 4.69) is 20.7 Å². The molecule has 0 fully saturated rings. The number of phenolic OH excluding ortho intramolecular Hbond substituents is 1. The van der Waals surface area contributed by atoms with Gasteiger partial charge in [0.2, 0.25) is 0 Å². The van der Waals surface area contributed by atoms with Crippen LogP contribution in [0.4, 0.5) is 0 Å². The minimum Gasteiger partial charge on any atom is -0.508 e.